The van der Waals surface area contributed by atoms with Crippen LogP contribution < -0.4 is 15.8 Å². The molecule has 1 heterocycles. The van der Waals surface area contributed by atoms with E-state index in [0.717, 1.165) is 22.2 Å². The number of phenols is 1. The summed E-state index contributed by atoms with van der Waals surface area (Å²) in [5.74, 6) is 0.437. The smallest absolute Gasteiger partial charge is 0.373 e. The minimum atomic E-state index is -0.646. The number of ether oxygens (including phenoxy) is 1. The lowest BCUT2D eigenvalue weighted by molar-refractivity contribution is -0.191. The van der Waals surface area contributed by atoms with E-state index >= 15 is 0 Å². The van der Waals surface area contributed by atoms with Gasteiger partial charge in [-0.2, -0.15) is 9.59 Å². The van der Waals surface area contributed by atoms with E-state index in [1.807, 2.05) is 45.0 Å². The number of fused-ring (bicyclic) bond motifs is 1. The second-order valence-electron chi connectivity index (χ2n) is 7.71. The molecular formula is C23H25N3O5. The first-order valence-corrected chi connectivity index (χ1v) is 9.48. The molecule has 162 valence electrons. The first-order valence-electron chi connectivity index (χ1n) is 9.48. The van der Waals surface area contributed by atoms with Gasteiger partial charge in [0, 0.05) is 16.9 Å². The summed E-state index contributed by atoms with van der Waals surface area (Å²) in [7, 11) is 0. The number of phenolic OH excluding ortho intramolecular Hbond substituents is 1. The van der Waals surface area contributed by atoms with Crippen LogP contribution in [0.3, 0.4) is 0 Å². The van der Waals surface area contributed by atoms with Crippen LogP contribution in [0.2, 0.25) is 0 Å². The van der Waals surface area contributed by atoms with Gasteiger partial charge in [0.2, 0.25) is 0 Å². The van der Waals surface area contributed by atoms with Crippen molar-refractivity contribution in [3.8, 4) is 11.5 Å². The number of carbonyl (C=O) groups excluding carboxylic acids is 3. The quantitative estimate of drug-likeness (QED) is 0.574. The Balaban J connectivity index is 0.00000107. The fourth-order valence-electron chi connectivity index (χ4n) is 2.97. The zero-order valence-electron chi connectivity index (χ0n) is 17.9. The van der Waals surface area contributed by atoms with Crippen LogP contribution in [0.4, 0.5) is 5.69 Å². The summed E-state index contributed by atoms with van der Waals surface area (Å²) in [4.78, 5) is 33.3. The van der Waals surface area contributed by atoms with Crippen LogP contribution in [-0.2, 0) is 9.59 Å². The third kappa shape index (κ3) is 6.04. The molecule has 3 rings (SSSR count). The van der Waals surface area contributed by atoms with Crippen LogP contribution in [-0.4, -0.2) is 34.3 Å². The topological polar surface area (TPSA) is 132 Å². The van der Waals surface area contributed by atoms with Crippen molar-refractivity contribution in [2.75, 3.05) is 12.3 Å². The molecule has 0 radical (unpaired) electrons. The fourth-order valence-corrected chi connectivity index (χ4v) is 2.97. The highest BCUT2D eigenvalue weighted by molar-refractivity contribution is 5.96. The summed E-state index contributed by atoms with van der Waals surface area (Å²) < 4.78 is 6.00. The third-order valence-corrected chi connectivity index (χ3v) is 4.47. The van der Waals surface area contributed by atoms with E-state index in [4.69, 9.17) is 20.1 Å². The van der Waals surface area contributed by atoms with Crippen molar-refractivity contribution >= 4 is 28.6 Å². The maximum Gasteiger partial charge on any atom is 0.373 e. The number of nitrogens with one attached hydrogen (secondary N) is 1. The van der Waals surface area contributed by atoms with Crippen LogP contribution >= 0.6 is 0 Å². The molecule has 31 heavy (non-hydrogen) atoms. The number of nitrogens with zero attached hydrogens (tertiary/aromatic N) is 1. The molecule has 0 atom stereocenters. The SMILES string of the molecule is Cc1cc(N)c2c(OCC(C)(C)NC(=O)c3ccc(C)c(O)c3)cccc2n1.O=C=O. The molecule has 1 aromatic heterocycles. The molecule has 0 unspecified atom stereocenters. The number of pyridine rings is 1. The molecule has 0 aliphatic carbocycles. The Morgan fingerprint density at radius 2 is 1.87 bits per heavy atom. The average Bonchev–Trinajstić information content (AvgIpc) is 2.68. The lowest BCUT2D eigenvalue weighted by Gasteiger charge is -2.27. The Hall–Kier alpha value is -3.90. The molecular weight excluding hydrogens is 398 g/mol. The first-order chi connectivity index (χ1) is 14.6. The van der Waals surface area contributed by atoms with E-state index < -0.39 is 5.54 Å². The number of aromatic hydroxyl groups is 1. The molecule has 8 heteroatoms. The molecule has 0 fully saturated rings. The lowest BCUT2D eigenvalue weighted by atomic mass is 10.0. The molecule has 2 aromatic carbocycles. The number of anilines is 1. The standard InChI is InChI=1S/C22H25N3O3.CO2/c1-13-8-9-15(11-18(13)26)21(27)25-22(3,4)12-28-19-7-5-6-17-20(19)16(23)10-14(2)24-17;2-1-3/h5-11,26H,12H2,1-4H3,(H2,23,24)(H,25,27);. The Labute approximate surface area is 180 Å². The molecule has 8 nitrogen and oxygen atoms in total. The van der Waals surface area contributed by atoms with Gasteiger partial charge in [0.05, 0.1) is 16.4 Å². The number of hydrogen-bond acceptors (Lipinski definition) is 7. The van der Waals surface area contributed by atoms with Crippen molar-refractivity contribution in [1.29, 1.82) is 0 Å². The number of benzene rings is 2. The minimum Gasteiger partial charge on any atom is -0.508 e. The number of aryl methyl sites for hydroxylation is 2. The fraction of sp³-hybridized carbons (Fsp3) is 0.261. The van der Waals surface area contributed by atoms with Gasteiger partial charge in [-0.1, -0.05) is 12.1 Å². The second kappa shape index (κ2) is 9.73. The molecule has 3 aromatic rings. The first kappa shape index (κ1) is 23.4. The zero-order valence-corrected chi connectivity index (χ0v) is 17.9. The normalized spacial score (nSPS) is 10.6. The maximum atomic E-state index is 12.5. The largest absolute Gasteiger partial charge is 0.508 e. The minimum absolute atomic E-state index is 0.0933. The number of aromatic nitrogens is 1. The summed E-state index contributed by atoms with van der Waals surface area (Å²) >= 11 is 0. The number of carbonyl (C=O) groups is 1. The molecule has 0 aliphatic heterocycles. The van der Waals surface area contributed by atoms with E-state index in [1.54, 1.807) is 19.1 Å². The van der Waals surface area contributed by atoms with Gasteiger partial charge < -0.3 is 20.9 Å². The van der Waals surface area contributed by atoms with Crippen LogP contribution in [0.5, 0.6) is 11.5 Å². The highest BCUT2D eigenvalue weighted by atomic mass is 16.5. The number of nitrogen functional groups attached to an aromatic ring is 1. The molecule has 0 spiro atoms. The van der Waals surface area contributed by atoms with Crippen LogP contribution in [0.15, 0.2) is 42.5 Å². The summed E-state index contributed by atoms with van der Waals surface area (Å²) in [6, 6.07) is 12.3. The maximum absolute atomic E-state index is 12.5. The Bertz CT molecular complexity index is 1140. The molecule has 0 bridgehead atoms. The van der Waals surface area contributed by atoms with Crippen molar-refractivity contribution < 1.29 is 24.2 Å². The van der Waals surface area contributed by atoms with Gasteiger partial charge in [0.15, 0.2) is 0 Å². The van der Waals surface area contributed by atoms with Gasteiger partial charge in [-0.3, -0.25) is 9.78 Å². The summed E-state index contributed by atoms with van der Waals surface area (Å²) in [5.41, 5.74) is 8.85. The van der Waals surface area contributed by atoms with E-state index in [1.165, 1.54) is 6.07 Å². The van der Waals surface area contributed by atoms with Crippen molar-refractivity contribution in [2.45, 2.75) is 33.2 Å². The van der Waals surface area contributed by atoms with E-state index in [9.17, 15) is 9.90 Å². The third-order valence-electron chi connectivity index (χ3n) is 4.47. The zero-order chi connectivity index (χ0) is 23.2. The van der Waals surface area contributed by atoms with Crippen LogP contribution in [0.25, 0.3) is 10.9 Å². The van der Waals surface area contributed by atoms with Crippen molar-refractivity contribution in [3.63, 3.8) is 0 Å². The van der Waals surface area contributed by atoms with Crippen LogP contribution in [0, 0.1) is 13.8 Å². The Morgan fingerprint density at radius 1 is 1.19 bits per heavy atom. The van der Waals surface area contributed by atoms with Gasteiger partial charge in [-0.15, -0.1) is 0 Å². The van der Waals surface area contributed by atoms with Crippen molar-refractivity contribution in [2.24, 2.45) is 0 Å². The molecule has 4 N–H and O–H groups in total. The molecule has 1 amide bonds. The summed E-state index contributed by atoms with van der Waals surface area (Å²) in [6.45, 7) is 7.65. The molecule has 0 aliphatic rings. The summed E-state index contributed by atoms with van der Waals surface area (Å²) in [5, 5.41) is 13.5. The van der Waals surface area contributed by atoms with E-state index in [0.29, 0.717) is 17.0 Å². The van der Waals surface area contributed by atoms with Crippen molar-refractivity contribution in [3.05, 3.63) is 59.3 Å². The molecule has 0 saturated carbocycles. The predicted molar refractivity (Wildman–Crippen MR) is 116 cm³/mol. The Morgan fingerprint density at radius 3 is 2.52 bits per heavy atom. The number of rotatable bonds is 5. The highest BCUT2D eigenvalue weighted by Crippen LogP contribution is 2.30. The number of hydrogen-bond donors (Lipinski definition) is 3. The van der Waals surface area contributed by atoms with Gasteiger partial charge in [0.1, 0.15) is 18.1 Å². The monoisotopic (exact) mass is 423 g/mol. The van der Waals surface area contributed by atoms with E-state index in [2.05, 4.69) is 10.3 Å². The van der Waals surface area contributed by atoms with E-state index in [-0.39, 0.29) is 24.4 Å². The average molecular weight is 423 g/mol. The predicted octanol–water partition coefficient (Wildman–Crippen LogP) is 3.14. The van der Waals surface area contributed by atoms with Crippen LogP contribution in [0.1, 0.15) is 35.5 Å². The highest BCUT2D eigenvalue weighted by Gasteiger charge is 2.23. The lowest BCUT2D eigenvalue weighted by Crippen LogP contribution is -2.47. The number of nitrogens with two attached hydrogens (primary N) is 1. The van der Waals surface area contributed by atoms with Gasteiger partial charge in [0.25, 0.3) is 5.91 Å². The molecule has 0 saturated heterocycles. The summed E-state index contributed by atoms with van der Waals surface area (Å²) in [6.07, 6.45) is 0.250. The second-order valence-corrected chi connectivity index (χ2v) is 7.71. The van der Waals surface area contributed by atoms with Crippen molar-refractivity contribution in [1.82, 2.24) is 10.3 Å². The Kier molecular flexibility index (Phi) is 7.34. The number of amides is 1. The van der Waals surface area contributed by atoms with Gasteiger partial charge in [-0.25, -0.2) is 0 Å². The van der Waals surface area contributed by atoms with Gasteiger partial charge in [-0.05, 0) is 63.6 Å². The van der Waals surface area contributed by atoms with Gasteiger partial charge >= 0.3 is 6.15 Å².